The van der Waals surface area contributed by atoms with E-state index in [1.807, 2.05) is 20.8 Å². The summed E-state index contributed by atoms with van der Waals surface area (Å²) in [6, 6.07) is 0.403. The van der Waals surface area contributed by atoms with Gasteiger partial charge in [0.1, 0.15) is 12.1 Å². The molecule has 0 aromatic rings. The van der Waals surface area contributed by atoms with Crippen LogP contribution in [0.4, 0.5) is 4.79 Å². The third-order valence-electron chi connectivity index (χ3n) is 4.26. The molecule has 1 saturated carbocycles. The number of hydrogen-bond acceptors (Lipinski definition) is 5. The maximum absolute atomic E-state index is 11.9. The average molecular weight is 544 g/mol. The van der Waals surface area contributed by atoms with E-state index in [9.17, 15) is 9.59 Å². The van der Waals surface area contributed by atoms with E-state index in [4.69, 9.17) is 4.74 Å². The summed E-state index contributed by atoms with van der Waals surface area (Å²) in [7, 11) is 3.45. The Morgan fingerprint density at radius 3 is 2.14 bits per heavy atom. The van der Waals surface area contributed by atoms with Crippen molar-refractivity contribution in [1.29, 1.82) is 0 Å². The molecule has 0 bridgehead atoms. The van der Waals surface area contributed by atoms with Gasteiger partial charge in [-0.3, -0.25) is 4.79 Å². The lowest BCUT2D eigenvalue weighted by Crippen LogP contribution is -2.48. The minimum Gasteiger partial charge on any atom is -0.444 e. The minimum atomic E-state index is -0.485. The summed E-state index contributed by atoms with van der Waals surface area (Å²) in [5, 5.41) is 9.68. The highest BCUT2D eigenvalue weighted by Gasteiger charge is 2.25. The molecule has 0 unspecified atom stereocenters. The van der Waals surface area contributed by atoms with Crippen LogP contribution in [0.5, 0.6) is 0 Å². The predicted molar refractivity (Wildman–Crippen MR) is 131 cm³/mol. The topological polar surface area (TPSA) is 95.1 Å². The summed E-state index contributed by atoms with van der Waals surface area (Å²) < 4.78 is 5.33. The van der Waals surface area contributed by atoms with Gasteiger partial charge in [-0.25, -0.2) is 9.79 Å². The fraction of sp³-hybridized carbons (Fsp3) is 0.842. The van der Waals surface area contributed by atoms with E-state index in [1.165, 1.54) is 4.90 Å². The lowest BCUT2D eigenvalue weighted by atomic mass is 9.91. The Hall–Kier alpha value is -0.910. The summed E-state index contributed by atoms with van der Waals surface area (Å²) in [6.07, 6.45) is 5.31. The number of ether oxygens (including phenoxy) is 1. The Morgan fingerprint density at radius 1 is 1.10 bits per heavy atom. The molecule has 0 aliphatic heterocycles. The third kappa shape index (κ3) is 13.1. The number of hydrogen-bond donors (Lipinski definition) is 3. The van der Waals surface area contributed by atoms with E-state index in [0.717, 1.165) is 38.0 Å². The molecule has 170 valence electrons. The number of amides is 2. The molecular weight excluding hydrogens is 505 g/mol. The molecule has 0 saturated heterocycles. The number of nitrogens with one attached hydrogen (secondary N) is 3. The zero-order valence-electron chi connectivity index (χ0n) is 18.5. The lowest BCUT2D eigenvalue weighted by molar-refractivity contribution is -0.127. The van der Waals surface area contributed by atoms with E-state index in [2.05, 4.69) is 27.2 Å². The summed E-state index contributed by atoms with van der Waals surface area (Å²) in [4.78, 5) is 29.7. The molecule has 10 heteroatoms. The highest BCUT2D eigenvalue weighted by molar-refractivity contribution is 14.0. The van der Waals surface area contributed by atoms with Crippen molar-refractivity contribution in [3.05, 3.63) is 0 Å². The summed E-state index contributed by atoms with van der Waals surface area (Å²) >= 11 is 1.76. The van der Waals surface area contributed by atoms with E-state index >= 15 is 0 Å². The van der Waals surface area contributed by atoms with Crippen LogP contribution in [0.2, 0.25) is 0 Å². The zero-order valence-corrected chi connectivity index (χ0v) is 21.7. The van der Waals surface area contributed by atoms with Crippen molar-refractivity contribution >= 4 is 53.7 Å². The van der Waals surface area contributed by atoms with Gasteiger partial charge in [0, 0.05) is 38.5 Å². The molecule has 1 rings (SSSR count). The molecule has 0 atom stereocenters. The number of likely N-dealkylation sites (N-methyl/N-ethyl adjacent to an activating group) is 1. The molecule has 2 amide bonds. The quantitative estimate of drug-likeness (QED) is 0.198. The van der Waals surface area contributed by atoms with Gasteiger partial charge in [0.2, 0.25) is 5.91 Å². The van der Waals surface area contributed by atoms with Crippen LogP contribution < -0.4 is 16.0 Å². The van der Waals surface area contributed by atoms with Crippen LogP contribution in [0, 0.1) is 0 Å². The van der Waals surface area contributed by atoms with Crippen LogP contribution in [0.1, 0.15) is 46.5 Å². The molecule has 0 aromatic heterocycles. The first-order valence-corrected chi connectivity index (χ1v) is 11.2. The Bertz CT molecular complexity index is 532. The maximum Gasteiger partial charge on any atom is 0.407 e. The van der Waals surface area contributed by atoms with Gasteiger partial charge in [0.15, 0.2) is 5.96 Å². The molecule has 1 aliphatic carbocycles. The smallest absolute Gasteiger partial charge is 0.407 e. The normalized spacial score (nSPS) is 19.6. The first kappa shape index (κ1) is 28.1. The Balaban J connectivity index is 0.00000784. The summed E-state index contributed by atoms with van der Waals surface area (Å²) in [5.74, 6) is 1.61. The second-order valence-electron chi connectivity index (χ2n) is 8.21. The average Bonchev–Trinajstić information content (AvgIpc) is 2.59. The number of alkyl carbamates (subject to hydrolysis) is 1. The van der Waals surface area contributed by atoms with Gasteiger partial charge in [0.05, 0.1) is 0 Å². The van der Waals surface area contributed by atoms with Gasteiger partial charge in [-0.15, -0.1) is 24.0 Å². The number of thioether (sulfide) groups is 1. The van der Waals surface area contributed by atoms with E-state index in [1.54, 1.807) is 25.9 Å². The molecule has 8 nitrogen and oxygen atoms in total. The number of rotatable bonds is 7. The number of aliphatic imine (C=N–C) groups is 1. The molecule has 29 heavy (non-hydrogen) atoms. The minimum absolute atomic E-state index is 0. The standard InChI is InChI=1S/C19H37N5O3S.HI/c1-19(2,3)27-18(26)23-15-9-7-14(8-10-15)22-17(20-11-12-28-6)21-13-16(25)24(4)5;/h14-15H,7-13H2,1-6H3,(H,23,26)(H2,20,21,22);1H. The molecule has 0 radical (unpaired) electrons. The monoisotopic (exact) mass is 543 g/mol. The molecule has 1 aliphatic rings. The summed E-state index contributed by atoms with van der Waals surface area (Å²) in [6.45, 7) is 6.49. The highest BCUT2D eigenvalue weighted by Crippen LogP contribution is 2.19. The molecule has 3 N–H and O–H groups in total. The van der Waals surface area contributed by atoms with Crippen LogP contribution in [-0.2, 0) is 9.53 Å². The lowest BCUT2D eigenvalue weighted by Gasteiger charge is -2.31. The first-order chi connectivity index (χ1) is 13.1. The van der Waals surface area contributed by atoms with Gasteiger partial charge in [-0.1, -0.05) is 0 Å². The fourth-order valence-corrected chi connectivity index (χ4v) is 3.07. The first-order valence-electron chi connectivity index (χ1n) is 9.84. The Labute approximate surface area is 196 Å². The molecule has 0 spiro atoms. The number of halogens is 1. The second kappa shape index (κ2) is 14.2. The molecule has 0 heterocycles. The van der Waals surface area contributed by atoms with Gasteiger partial charge >= 0.3 is 6.09 Å². The van der Waals surface area contributed by atoms with Crippen LogP contribution in [0.3, 0.4) is 0 Å². The van der Waals surface area contributed by atoms with Crippen molar-refractivity contribution in [3.63, 3.8) is 0 Å². The van der Waals surface area contributed by atoms with E-state index in [0.29, 0.717) is 5.96 Å². The number of nitrogens with zero attached hydrogens (tertiary/aromatic N) is 2. The van der Waals surface area contributed by atoms with Crippen LogP contribution in [0.15, 0.2) is 4.99 Å². The third-order valence-corrected chi connectivity index (χ3v) is 4.87. The van der Waals surface area contributed by atoms with Gasteiger partial charge < -0.3 is 25.6 Å². The predicted octanol–water partition coefficient (Wildman–Crippen LogP) is 2.43. The molecule has 1 fully saturated rings. The molecule has 0 aromatic carbocycles. The van der Waals surface area contributed by atoms with E-state index < -0.39 is 5.60 Å². The van der Waals surface area contributed by atoms with Crippen molar-refractivity contribution in [1.82, 2.24) is 20.9 Å². The number of carbonyl (C=O) groups excluding carboxylic acids is 2. The van der Waals surface area contributed by atoms with Crippen LogP contribution >= 0.6 is 35.7 Å². The van der Waals surface area contributed by atoms with Gasteiger partial charge in [0.25, 0.3) is 0 Å². The van der Waals surface area contributed by atoms with Crippen LogP contribution in [-0.4, -0.2) is 79.7 Å². The SMILES string of the molecule is CSCCNC(=NCC(=O)N(C)C)NC1CCC(NC(=O)OC(C)(C)C)CC1.I. The Kier molecular flexibility index (Phi) is 13.7. The second-order valence-corrected chi connectivity index (χ2v) is 9.20. The van der Waals surface area contributed by atoms with Crippen molar-refractivity contribution in [2.75, 3.05) is 39.2 Å². The largest absolute Gasteiger partial charge is 0.444 e. The number of guanidine groups is 1. The number of carbonyl (C=O) groups is 2. The maximum atomic E-state index is 11.9. The van der Waals surface area contributed by atoms with Gasteiger partial charge in [-0.05, 0) is 52.7 Å². The summed E-state index contributed by atoms with van der Waals surface area (Å²) in [5.41, 5.74) is -0.485. The van der Waals surface area contributed by atoms with E-state index in [-0.39, 0.29) is 54.6 Å². The van der Waals surface area contributed by atoms with Gasteiger partial charge in [-0.2, -0.15) is 11.8 Å². The van der Waals surface area contributed by atoms with Crippen molar-refractivity contribution in [2.24, 2.45) is 4.99 Å². The fourth-order valence-electron chi connectivity index (χ4n) is 2.76. The van der Waals surface area contributed by atoms with Crippen molar-refractivity contribution in [3.8, 4) is 0 Å². The van der Waals surface area contributed by atoms with Crippen molar-refractivity contribution in [2.45, 2.75) is 64.1 Å². The Morgan fingerprint density at radius 2 is 1.66 bits per heavy atom. The van der Waals surface area contributed by atoms with Crippen molar-refractivity contribution < 1.29 is 14.3 Å². The van der Waals surface area contributed by atoms with Crippen LogP contribution in [0.25, 0.3) is 0 Å². The molecular formula is C19H38IN5O3S. The zero-order chi connectivity index (χ0) is 21.2. The highest BCUT2D eigenvalue weighted by atomic mass is 127.